The third-order valence-electron chi connectivity index (χ3n) is 3.58. The number of methoxy groups -OCH3 is 1. The lowest BCUT2D eigenvalue weighted by Gasteiger charge is -2.25. The number of ketones is 1. The third-order valence-corrected chi connectivity index (χ3v) is 3.58. The Morgan fingerprint density at radius 1 is 1.15 bits per heavy atom. The smallest absolute Gasteiger partial charge is 0.203 e. The average molecular weight is 268 g/mol. The minimum atomic E-state index is -0.390. The fourth-order valence-electron chi connectivity index (χ4n) is 2.45. The van der Waals surface area contributed by atoms with Crippen LogP contribution in [0.4, 0.5) is 0 Å². The van der Waals surface area contributed by atoms with Crippen LogP contribution in [0.5, 0.6) is 11.5 Å². The number of carbonyl (C=O) groups is 1. The molecule has 0 saturated carbocycles. The number of aryl methyl sites for hydroxylation is 1. The van der Waals surface area contributed by atoms with E-state index in [0.29, 0.717) is 5.56 Å². The molecular formula is C17H16O3. The Morgan fingerprint density at radius 2 is 1.90 bits per heavy atom. The van der Waals surface area contributed by atoms with Crippen LogP contribution in [0, 0.1) is 0 Å². The topological polar surface area (TPSA) is 35.5 Å². The first-order valence-corrected chi connectivity index (χ1v) is 6.71. The van der Waals surface area contributed by atoms with Crippen molar-refractivity contribution in [2.75, 3.05) is 7.11 Å². The van der Waals surface area contributed by atoms with Gasteiger partial charge in [-0.25, -0.2) is 0 Å². The molecular weight excluding hydrogens is 252 g/mol. The lowest BCUT2D eigenvalue weighted by molar-refractivity contribution is 0.0756. The Labute approximate surface area is 118 Å². The van der Waals surface area contributed by atoms with Crippen LogP contribution in [0.2, 0.25) is 0 Å². The summed E-state index contributed by atoms with van der Waals surface area (Å²) in [4.78, 5) is 12.4. The van der Waals surface area contributed by atoms with Crippen LogP contribution in [-0.2, 0) is 6.42 Å². The SMILES string of the molecule is COc1ccc(C(=O)C2CCc3ccccc3O2)cc1. The lowest BCUT2D eigenvalue weighted by Crippen LogP contribution is -2.31. The largest absolute Gasteiger partial charge is 0.497 e. The van der Waals surface area contributed by atoms with Gasteiger partial charge in [0.25, 0.3) is 0 Å². The predicted octanol–water partition coefficient (Wildman–Crippen LogP) is 3.27. The Bertz CT molecular complexity index is 616. The first-order chi connectivity index (χ1) is 9.78. The predicted molar refractivity (Wildman–Crippen MR) is 76.5 cm³/mol. The van der Waals surface area contributed by atoms with Crippen molar-refractivity contribution in [1.82, 2.24) is 0 Å². The number of para-hydroxylation sites is 1. The number of Topliss-reactive ketones (excluding diaryl/α,β-unsaturated/α-hetero) is 1. The van der Waals surface area contributed by atoms with E-state index >= 15 is 0 Å². The fraction of sp³-hybridized carbons (Fsp3) is 0.235. The van der Waals surface area contributed by atoms with E-state index in [1.54, 1.807) is 31.4 Å². The summed E-state index contributed by atoms with van der Waals surface area (Å²) >= 11 is 0. The molecule has 1 aliphatic rings. The molecule has 3 rings (SSSR count). The minimum Gasteiger partial charge on any atom is -0.497 e. The first kappa shape index (κ1) is 12.7. The zero-order valence-electron chi connectivity index (χ0n) is 11.3. The van der Waals surface area contributed by atoms with Crippen LogP contribution in [0.15, 0.2) is 48.5 Å². The summed E-state index contributed by atoms with van der Waals surface area (Å²) in [6.07, 6.45) is 1.21. The summed E-state index contributed by atoms with van der Waals surface area (Å²) in [7, 11) is 1.61. The summed E-state index contributed by atoms with van der Waals surface area (Å²) in [5, 5.41) is 0. The van der Waals surface area contributed by atoms with Gasteiger partial charge in [-0.05, 0) is 48.7 Å². The van der Waals surface area contributed by atoms with Crippen molar-refractivity contribution >= 4 is 5.78 Å². The molecule has 0 bridgehead atoms. The van der Waals surface area contributed by atoms with E-state index in [1.807, 2.05) is 24.3 Å². The quantitative estimate of drug-likeness (QED) is 0.801. The number of ether oxygens (including phenoxy) is 2. The summed E-state index contributed by atoms with van der Waals surface area (Å²) in [5.74, 6) is 1.60. The highest BCUT2D eigenvalue weighted by Crippen LogP contribution is 2.28. The number of hydrogen-bond acceptors (Lipinski definition) is 3. The molecule has 0 amide bonds. The molecule has 1 unspecified atom stereocenters. The number of carbonyl (C=O) groups excluding carboxylic acids is 1. The molecule has 102 valence electrons. The molecule has 2 aromatic carbocycles. The number of fused-ring (bicyclic) bond motifs is 1. The van der Waals surface area contributed by atoms with Crippen LogP contribution in [-0.4, -0.2) is 19.0 Å². The van der Waals surface area contributed by atoms with E-state index in [2.05, 4.69) is 0 Å². The van der Waals surface area contributed by atoms with Crippen molar-refractivity contribution < 1.29 is 14.3 Å². The molecule has 1 heterocycles. The molecule has 0 N–H and O–H groups in total. The maximum absolute atomic E-state index is 12.4. The van der Waals surface area contributed by atoms with Gasteiger partial charge in [-0.15, -0.1) is 0 Å². The van der Waals surface area contributed by atoms with Crippen molar-refractivity contribution in [3.05, 3.63) is 59.7 Å². The van der Waals surface area contributed by atoms with Crippen LogP contribution in [0.25, 0.3) is 0 Å². The van der Waals surface area contributed by atoms with Gasteiger partial charge >= 0.3 is 0 Å². The molecule has 0 radical (unpaired) electrons. The van der Waals surface area contributed by atoms with Gasteiger partial charge < -0.3 is 9.47 Å². The van der Waals surface area contributed by atoms with Crippen molar-refractivity contribution in [2.45, 2.75) is 18.9 Å². The van der Waals surface area contributed by atoms with Crippen molar-refractivity contribution in [3.8, 4) is 11.5 Å². The van der Waals surface area contributed by atoms with Crippen molar-refractivity contribution in [1.29, 1.82) is 0 Å². The molecule has 0 spiro atoms. The van der Waals surface area contributed by atoms with Gasteiger partial charge in [0.05, 0.1) is 7.11 Å². The zero-order chi connectivity index (χ0) is 13.9. The second kappa shape index (κ2) is 5.37. The summed E-state index contributed by atoms with van der Waals surface area (Å²) in [6.45, 7) is 0. The van der Waals surface area contributed by atoms with E-state index in [-0.39, 0.29) is 5.78 Å². The van der Waals surface area contributed by atoms with E-state index in [1.165, 1.54) is 5.56 Å². The van der Waals surface area contributed by atoms with Gasteiger partial charge in [-0.3, -0.25) is 4.79 Å². The second-order valence-corrected chi connectivity index (χ2v) is 4.85. The zero-order valence-corrected chi connectivity index (χ0v) is 11.3. The lowest BCUT2D eigenvalue weighted by atomic mass is 9.96. The summed E-state index contributed by atoms with van der Waals surface area (Å²) in [6, 6.07) is 15.0. The molecule has 1 aliphatic heterocycles. The van der Waals surface area contributed by atoms with Crippen LogP contribution < -0.4 is 9.47 Å². The van der Waals surface area contributed by atoms with Gasteiger partial charge in [0.1, 0.15) is 11.5 Å². The van der Waals surface area contributed by atoms with Gasteiger partial charge in [-0.2, -0.15) is 0 Å². The molecule has 0 aliphatic carbocycles. The summed E-state index contributed by atoms with van der Waals surface area (Å²) < 4.78 is 10.9. The standard InChI is InChI=1S/C17H16O3/c1-19-14-9-6-13(7-10-14)17(18)16-11-8-12-4-2-3-5-15(12)20-16/h2-7,9-10,16H,8,11H2,1H3. The molecule has 3 heteroatoms. The van der Waals surface area contributed by atoms with Crippen LogP contribution in [0.3, 0.4) is 0 Å². The maximum Gasteiger partial charge on any atom is 0.203 e. The number of benzene rings is 2. The van der Waals surface area contributed by atoms with Crippen LogP contribution >= 0.6 is 0 Å². The minimum absolute atomic E-state index is 0.0298. The van der Waals surface area contributed by atoms with E-state index in [9.17, 15) is 4.79 Å². The number of hydrogen-bond donors (Lipinski definition) is 0. The fourth-order valence-corrected chi connectivity index (χ4v) is 2.45. The Balaban J connectivity index is 1.78. The van der Waals surface area contributed by atoms with Gasteiger partial charge in [-0.1, -0.05) is 18.2 Å². The normalized spacial score (nSPS) is 16.9. The van der Waals surface area contributed by atoms with E-state index < -0.39 is 6.10 Å². The van der Waals surface area contributed by atoms with E-state index in [0.717, 1.165) is 24.3 Å². The molecule has 1 atom stereocenters. The van der Waals surface area contributed by atoms with Gasteiger partial charge in [0, 0.05) is 5.56 Å². The third kappa shape index (κ3) is 2.39. The highest BCUT2D eigenvalue weighted by atomic mass is 16.5. The molecule has 0 saturated heterocycles. The number of rotatable bonds is 3. The Kier molecular flexibility index (Phi) is 3.42. The highest BCUT2D eigenvalue weighted by molar-refractivity contribution is 5.99. The molecule has 3 nitrogen and oxygen atoms in total. The molecule has 2 aromatic rings. The van der Waals surface area contributed by atoms with E-state index in [4.69, 9.17) is 9.47 Å². The summed E-state index contributed by atoms with van der Waals surface area (Å²) in [5.41, 5.74) is 1.83. The average Bonchev–Trinajstić information content (AvgIpc) is 2.54. The molecule has 0 fully saturated rings. The van der Waals surface area contributed by atoms with Crippen molar-refractivity contribution in [3.63, 3.8) is 0 Å². The molecule has 0 aromatic heterocycles. The Hall–Kier alpha value is -2.29. The molecule has 20 heavy (non-hydrogen) atoms. The van der Waals surface area contributed by atoms with Crippen molar-refractivity contribution in [2.24, 2.45) is 0 Å². The van der Waals surface area contributed by atoms with Gasteiger partial charge in [0.15, 0.2) is 6.10 Å². The highest BCUT2D eigenvalue weighted by Gasteiger charge is 2.26. The Morgan fingerprint density at radius 3 is 2.65 bits per heavy atom. The van der Waals surface area contributed by atoms with Gasteiger partial charge in [0.2, 0.25) is 5.78 Å². The first-order valence-electron chi connectivity index (χ1n) is 6.71. The monoisotopic (exact) mass is 268 g/mol. The maximum atomic E-state index is 12.4. The second-order valence-electron chi connectivity index (χ2n) is 4.85. The van der Waals surface area contributed by atoms with Crippen LogP contribution in [0.1, 0.15) is 22.3 Å².